The first-order valence-electron chi connectivity index (χ1n) is 5.66. The van der Waals surface area contributed by atoms with E-state index in [9.17, 15) is 9.50 Å². The Labute approximate surface area is 104 Å². The molecule has 6 heteroatoms. The van der Waals surface area contributed by atoms with Gasteiger partial charge in [0.25, 0.3) is 0 Å². The van der Waals surface area contributed by atoms with Crippen LogP contribution in [0.3, 0.4) is 0 Å². The molecule has 1 unspecified atom stereocenters. The predicted octanol–water partition coefficient (Wildman–Crippen LogP) is 0.977. The molecule has 2 rings (SSSR count). The maximum atomic E-state index is 12.8. The fraction of sp³-hybridized carbons (Fsp3) is 0.333. The van der Waals surface area contributed by atoms with E-state index in [-0.39, 0.29) is 12.4 Å². The van der Waals surface area contributed by atoms with E-state index in [0.29, 0.717) is 18.2 Å². The first-order chi connectivity index (χ1) is 8.61. The number of aliphatic hydroxyl groups excluding tert-OH is 1. The minimum Gasteiger partial charge on any atom is -0.385 e. The van der Waals surface area contributed by atoms with E-state index in [1.807, 2.05) is 0 Å². The lowest BCUT2D eigenvalue weighted by molar-refractivity contribution is 0.183. The zero-order chi connectivity index (χ0) is 13.1. The highest BCUT2D eigenvalue weighted by Gasteiger charge is 2.15. The molecule has 0 amide bonds. The second kappa shape index (κ2) is 5.24. The maximum absolute atomic E-state index is 12.8. The minimum atomic E-state index is -0.724. The van der Waals surface area contributed by atoms with Crippen molar-refractivity contribution in [3.8, 4) is 0 Å². The fourth-order valence-corrected chi connectivity index (χ4v) is 1.75. The highest BCUT2D eigenvalue weighted by atomic mass is 19.1. The first-order valence-corrected chi connectivity index (χ1v) is 5.66. The molecule has 1 atom stereocenters. The van der Waals surface area contributed by atoms with Crippen LogP contribution in [0.1, 0.15) is 30.2 Å². The summed E-state index contributed by atoms with van der Waals surface area (Å²) < 4.78 is 14.6. The Balaban J connectivity index is 2.32. The summed E-state index contributed by atoms with van der Waals surface area (Å²) in [6, 6.07) is 6.15. The van der Waals surface area contributed by atoms with Crippen LogP contribution in [0.5, 0.6) is 0 Å². The van der Waals surface area contributed by atoms with Gasteiger partial charge in [-0.25, -0.2) is 4.39 Å². The molecule has 0 spiro atoms. The summed E-state index contributed by atoms with van der Waals surface area (Å²) in [7, 11) is 0. The highest BCUT2D eigenvalue weighted by molar-refractivity contribution is 5.17. The number of nitrogens with zero attached hydrogens (tertiary/aromatic N) is 3. The molecule has 0 saturated carbocycles. The van der Waals surface area contributed by atoms with Crippen LogP contribution < -0.4 is 5.73 Å². The highest BCUT2D eigenvalue weighted by Crippen LogP contribution is 2.14. The van der Waals surface area contributed by atoms with Gasteiger partial charge in [0.2, 0.25) is 0 Å². The lowest BCUT2D eigenvalue weighted by atomic mass is 10.2. The lowest BCUT2D eigenvalue weighted by Gasteiger charge is -2.11. The second-order valence-corrected chi connectivity index (χ2v) is 4.07. The molecule has 1 aromatic carbocycles. The molecule has 5 nitrogen and oxygen atoms in total. The van der Waals surface area contributed by atoms with Crippen molar-refractivity contribution in [2.75, 3.05) is 0 Å². The molecule has 0 aliphatic carbocycles. The van der Waals surface area contributed by atoms with Crippen molar-refractivity contribution in [1.29, 1.82) is 0 Å². The Morgan fingerprint density at radius 3 is 2.56 bits per heavy atom. The van der Waals surface area contributed by atoms with Crippen LogP contribution in [-0.4, -0.2) is 19.9 Å². The van der Waals surface area contributed by atoms with Crippen LogP contribution in [0.25, 0.3) is 0 Å². The quantitative estimate of drug-likeness (QED) is 0.848. The van der Waals surface area contributed by atoms with Gasteiger partial charge in [0, 0.05) is 0 Å². The fourth-order valence-electron chi connectivity index (χ4n) is 1.75. The number of hydrogen-bond acceptors (Lipinski definition) is 4. The van der Waals surface area contributed by atoms with Gasteiger partial charge < -0.3 is 15.4 Å². The van der Waals surface area contributed by atoms with Gasteiger partial charge in [-0.3, -0.25) is 0 Å². The zero-order valence-corrected chi connectivity index (χ0v) is 10.0. The molecule has 0 saturated heterocycles. The van der Waals surface area contributed by atoms with Crippen LogP contribution in [0.2, 0.25) is 0 Å². The normalized spacial score (nSPS) is 12.7. The molecule has 2 aromatic rings. The van der Waals surface area contributed by atoms with E-state index in [2.05, 4.69) is 10.2 Å². The summed E-state index contributed by atoms with van der Waals surface area (Å²) in [5.74, 6) is 0.771. The third-order valence-corrected chi connectivity index (χ3v) is 2.67. The standard InChI is InChI=1S/C12H15FN4O/c1-8(18)12-16-15-11(6-14)17(12)7-9-2-4-10(13)5-3-9/h2-5,8,18H,6-7,14H2,1H3. The Kier molecular flexibility index (Phi) is 3.69. The van der Waals surface area contributed by atoms with Crippen molar-refractivity contribution < 1.29 is 9.50 Å². The molecule has 0 fully saturated rings. The number of benzene rings is 1. The number of nitrogens with two attached hydrogens (primary N) is 1. The Hall–Kier alpha value is -1.79. The summed E-state index contributed by atoms with van der Waals surface area (Å²) >= 11 is 0. The van der Waals surface area contributed by atoms with Crippen molar-refractivity contribution in [1.82, 2.24) is 14.8 Å². The summed E-state index contributed by atoms with van der Waals surface area (Å²) in [5.41, 5.74) is 6.47. The van der Waals surface area contributed by atoms with E-state index in [0.717, 1.165) is 5.56 Å². The van der Waals surface area contributed by atoms with Crippen LogP contribution in [0, 0.1) is 5.82 Å². The zero-order valence-electron chi connectivity index (χ0n) is 10.0. The van der Waals surface area contributed by atoms with Crippen molar-refractivity contribution >= 4 is 0 Å². The third kappa shape index (κ3) is 2.55. The number of rotatable bonds is 4. The Morgan fingerprint density at radius 2 is 2.00 bits per heavy atom. The summed E-state index contributed by atoms with van der Waals surface area (Å²) in [6.45, 7) is 2.31. The van der Waals surface area contributed by atoms with Crippen LogP contribution in [0.15, 0.2) is 24.3 Å². The van der Waals surface area contributed by atoms with Gasteiger partial charge in [0.05, 0.1) is 13.1 Å². The summed E-state index contributed by atoms with van der Waals surface area (Å²) in [4.78, 5) is 0. The number of hydrogen-bond donors (Lipinski definition) is 2. The summed E-state index contributed by atoms with van der Waals surface area (Å²) in [5, 5.41) is 17.4. The lowest BCUT2D eigenvalue weighted by Crippen LogP contribution is -2.13. The molecule has 0 bridgehead atoms. The molecule has 18 heavy (non-hydrogen) atoms. The summed E-state index contributed by atoms with van der Waals surface area (Å²) in [6.07, 6.45) is -0.724. The average molecular weight is 250 g/mol. The van der Waals surface area contributed by atoms with Gasteiger partial charge in [0.1, 0.15) is 17.7 Å². The number of halogens is 1. The second-order valence-electron chi connectivity index (χ2n) is 4.07. The van der Waals surface area contributed by atoms with Crippen molar-refractivity contribution in [3.05, 3.63) is 47.3 Å². The number of aliphatic hydroxyl groups is 1. The van der Waals surface area contributed by atoms with Gasteiger partial charge in [0.15, 0.2) is 5.82 Å². The van der Waals surface area contributed by atoms with Crippen LogP contribution in [0.4, 0.5) is 4.39 Å². The van der Waals surface area contributed by atoms with E-state index < -0.39 is 6.10 Å². The maximum Gasteiger partial charge on any atom is 0.162 e. The molecule has 0 aliphatic rings. The van der Waals surface area contributed by atoms with E-state index in [1.165, 1.54) is 12.1 Å². The number of aromatic nitrogens is 3. The monoisotopic (exact) mass is 250 g/mol. The van der Waals surface area contributed by atoms with Crippen LogP contribution >= 0.6 is 0 Å². The van der Waals surface area contributed by atoms with Gasteiger partial charge in [-0.1, -0.05) is 12.1 Å². The van der Waals surface area contributed by atoms with Gasteiger partial charge in [-0.05, 0) is 24.6 Å². The first kappa shape index (κ1) is 12.7. The average Bonchev–Trinajstić information content (AvgIpc) is 2.75. The van der Waals surface area contributed by atoms with Crippen LogP contribution in [-0.2, 0) is 13.1 Å². The molecule has 0 aliphatic heterocycles. The largest absolute Gasteiger partial charge is 0.385 e. The minimum absolute atomic E-state index is 0.237. The third-order valence-electron chi connectivity index (χ3n) is 2.67. The van der Waals surface area contributed by atoms with Crippen molar-refractivity contribution in [3.63, 3.8) is 0 Å². The molecular formula is C12H15FN4O. The molecule has 1 aromatic heterocycles. The van der Waals surface area contributed by atoms with E-state index in [4.69, 9.17) is 5.73 Å². The van der Waals surface area contributed by atoms with Crippen molar-refractivity contribution in [2.24, 2.45) is 5.73 Å². The van der Waals surface area contributed by atoms with Gasteiger partial charge in [-0.15, -0.1) is 10.2 Å². The molecule has 0 radical (unpaired) electrons. The molecule has 1 heterocycles. The van der Waals surface area contributed by atoms with Gasteiger partial charge in [-0.2, -0.15) is 0 Å². The van der Waals surface area contributed by atoms with Gasteiger partial charge >= 0.3 is 0 Å². The van der Waals surface area contributed by atoms with E-state index >= 15 is 0 Å². The predicted molar refractivity (Wildman–Crippen MR) is 64.0 cm³/mol. The molecular weight excluding hydrogens is 235 g/mol. The molecule has 3 N–H and O–H groups in total. The topological polar surface area (TPSA) is 77.0 Å². The molecule has 96 valence electrons. The SMILES string of the molecule is CC(O)c1nnc(CN)n1Cc1ccc(F)cc1. The Bertz CT molecular complexity index is 521. The van der Waals surface area contributed by atoms with Crippen molar-refractivity contribution in [2.45, 2.75) is 26.1 Å². The Morgan fingerprint density at radius 1 is 1.33 bits per heavy atom. The smallest absolute Gasteiger partial charge is 0.162 e. The van der Waals surface area contributed by atoms with E-state index in [1.54, 1.807) is 23.6 Å².